The van der Waals surface area contributed by atoms with Gasteiger partial charge in [-0.25, -0.2) is 0 Å². The molecule has 0 amide bonds. The van der Waals surface area contributed by atoms with Crippen molar-refractivity contribution < 1.29 is 9.84 Å². The lowest BCUT2D eigenvalue weighted by atomic mass is 9.89. The molecular formula is C18H29NO2. The number of aliphatic hydroxyl groups is 1. The minimum Gasteiger partial charge on any atom is -0.493 e. The van der Waals surface area contributed by atoms with E-state index in [0.29, 0.717) is 6.04 Å². The highest BCUT2D eigenvalue weighted by atomic mass is 16.5. The summed E-state index contributed by atoms with van der Waals surface area (Å²) in [7, 11) is 0. The van der Waals surface area contributed by atoms with Crippen molar-refractivity contribution in [1.29, 1.82) is 0 Å². The van der Waals surface area contributed by atoms with Gasteiger partial charge in [0, 0.05) is 19.1 Å². The quantitative estimate of drug-likeness (QED) is 0.721. The summed E-state index contributed by atoms with van der Waals surface area (Å²) >= 11 is 0. The van der Waals surface area contributed by atoms with Gasteiger partial charge >= 0.3 is 0 Å². The van der Waals surface area contributed by atoms with E-state index in [1.54, 1.807) is 0 Å². The second-order valence-electron chi connectivity index (χ2n) is 6.81. The molecule has 0 fully saturated rings. The molecule has 0 radical (unpaired) electrons. The topological polar surface area (TPSA) is 41.5 Å². The minimum absolute atomic E-state index is 0.0360. The van der Waals surface area contributed by atoms with E-state index in [1.807, 2.05) is 0 Å². The number of hydrogen-bond acceptors (Lipinski definition) is 3. The molecule has 3 heteroatoms. The zero-order chi connectivity index (χ0) is 15.3. The van der Waals surface area contributed by atoms with Gasteiger partial charge in [-0.2, -0.15) is 0 Å². The second-order valence-corrected chi connectivity index (χ2v) is 6.81. The van der Waals surface area contributed by atoms with E-state index in [2.05, 4.69) is 44.3 Å². The summed E-state index contributed by atoms with van der Waals surface area (Å²) in [6, 6.07) is 6.99. The molecule has 0 bridgehead atoms. The predicted molar refractivity (Wildman–Crippen MR) is 86.8 cm³/mol. The third-order valence-electron chi connectivity index (χ3n) is 4.37. The van der Waals surface area contributed by atoms with E-state index >= 15 is 0 Å². The van der Waals surface area contributed by atoms with Crippen LogP contribution in [0.5, 0.6) is 5.75 Å². The monoisotopic (exact) mass is 291 g/mol. The van der Waals surface area contributed by atoms with Crippen molar-refractivity contribution in [3.8, 4) is 5.75 Å². The number of aliphatic hydroxyl groups excluding tert-OH is 1. The SMILES string of the molecule is CCC(NCCCC(C)(C)CO)c1ccc2c(c1)CCO2. The third-order valence-corrected chi connectivity index (χ3v) is 4.37. The Hall–Kier alpha value is -1.06. The van der Waals surface area contributed by atoms with Crippen LogP contribution >= 0.6 is 0 Å². The molecule has 2 rings (SSSR count). The van der Waals surface area contributed by atoms with Crippen molar-refractivity contribution in [3.63, 3.8) is 0 Å². The Morgan fingerprint density at radius 2 is 2.19 bits per heavy atom. The zero-order valence-corrected chi connectivity index (χ0v) is 13.6. The first-order valence-corrected chi connectivity index (χ1v) is 8.15. The molecular weight excluding hydrogens is 262 g/mol. The van der Waals surface area contributed by atoms with E-state index in [0.717, 1.165) is 44.6 Å². The van der Waals surface area contributed by atoms with Crippen LogP contribution in [-0.4, -0.2) is 24.9 Å². The fourth-order valence-electron chi connectivity index (χ4n) is 2.84. The average molecular weight is 291 g/mol. The van der Waals surface area contributed by atoms with Crippen LogP contribution in [0.1, 0.15) is 57.2 Å². The van der Waals surface area contributed by atoms with Gasteiger partial charge in [0.25, 0.3) is 0 Å². The van der Waals surface area contributed by atoms with Gasteiger partial charge in [0.2, 0.25) is 0 Å². The van der Waals surface area contributed by atoms with Gasteiger partial charge in [-0.05, 0) is 48.4 Å². The summed E-state index contributed by atoms with van der Waals surface area (Å²) in [5, 5.41) is 12.9. The highest BCUT2D eigenvalue weighted by molar-refractivity contribution is 5.40. The molecule has 21 heavy (non-hydrogen) atoms. The maximum atomic E-state index is 9.28. The molecule has 0 aliphatic carbocycles. The standard InChI is InChI=1S/C18H29NO2/c1-4-16(19-10-5-9-18(2,3)13-20)14-6-7-17-15(12-14)8-11-21-17/h6-7,12,16,19-20H,4-5,8-11,13H2,1-3H3. The van der Waals surface area contributed by atoms with Gasteiger partial charge in [-0.1, -0.05) is 32.9 Å². The van der Waals surface area contributed by atoms with Crippen LogP contribution < -0.4 is 10.1 Å². The summed E-state index contributed by atoms with van der Waals surface area (Å²) < 4.78 is 5.57. The molecule has 1 aliphatic heterocycles. The van der Waals surface area contributed by atoms with Crippen LogP contribution in [0.4, 0.5) is 0 Å². The summed E-state index contributed by atoms with van der Waals surface area (Å²) in [4.78, 5) is 0. The molecule has 1 aromatic rings. The first-order chi connectivity index (χ1) is 10.1. The summed E-state index contributed by atoms with van der Waals surface area (Å²) in [5.74, 6) is 1.05. The van der Waals surface area contributed by atoms with E-state index in [9.17, 15) is 5.11 Å². The number of rotatable bonds is 8. The van der Waals surface area contributed by atoms with Crippen molar-refractivity contribution in [1.82, 2.24) is 5.32 Å². The number of fused-ring (bicyclic) bond motifs is 1. The van der Waals surface area contributed by atoms with Gasteiger partial charge in [0.05, 0.1) is 6.61 Å². The molecule has 2 N–H and O–H groups in total. The predicted octanol–water partition coefficient (Wildman–Crippen LogP) is 3.46. The summed E-state index contributed by atoms with van der Waals surface area (Å²) in [6.07, 6.45) is 4.26. The van der Waals surface area contributed by atoms with E-state index in [4.69, 9.17) is 4.74 Å². The van der Waals surface area contributed by atoms with Crippen molar-refractivity contribution in [2.24, 2.45) is 5.41 Å². The van der Waals surface area contributed by atoms with E-state index in [-0.39, 0.29) is 12.0 Å². The molecule has 0 saturated carbocycles. The molecule has 1 unspecified atom stereocenters. The lowest BCUT2D eigenvalue weighted by molar-refractivity contribution is 0.147. The van der Waals surface area contributed by atoms with Crippen molar-refractivity contribution in [3.05, 3.63) is 29.3 Å². The van der Waals surface area contributed by atoms with E-state index < -0.39 is 0 Å². The Bertz CT molecular complexity index is 457. The molecule has 118 valence electrons. The lowest BCUT2D eigenvalue weighted by Crippen LogP contribution is -2.24. The molecule has 1 atom stereocenters. The second kappa shape index (κ2) is 7.28. The lowest BCUT2D eigenvalue weighted by Gasteiger charge is -2.23. The zero-order valence-electron chi connectivity index (χ0n) is 13.6. The maximum absolute atomic E-state index is 9.28. The minimum atomic E-state index is 0.0360. The fraction of sp³-hybridized carbons (Fsp3) is 0.667. The molecule has 1 aliphatic rings. The number of hydrogen-bond donors (Lipinski definition) is 2. The highest BCUT2D eigenvalue weighted by Crippen LogP contribution is 2.29. The van der Waals surface area contributed by atoms with E-state index in [1.165, 1.54) is 11.1 Å². The molecule has 0 saturated heterocycles. The largest absolute Gasteiger partial charge is 0.493 e. The van der Waals surface area contributed by atoms with Crippen molar-refractivity contribution >= 4 is 0 Å². The number of benzene rings is 1. The van der Waals surface area contributed by atoms with Gasteiger partial charge in [-0.3, -0.25) is 0 Å². The van der Waals surface area contributed by atoms with Crippen LogP contribution in [-0.2, 0) is 6.42 Å². The van der Waals surface area contributed by atoms with Crippen LogP contribution in [0.2, 0.25) is 0 Å². The van der Waals surface area contributed by atoms with Gasteiger partial charge in [0.1, 0.15) is 5.75 Å². The Balaban J connectivity index is 1.86. The van der Waals surface area contributed by atoms with Gasteiger partial charge in [0.15, 0.2) is 0 Å². The Kier molecular flexibility index (Phi) is 5.65. The first kappa shape index (κ1) is 16.3. The fourth-order valence-corrected chi connectivity index (χ4v) is 2.84. The van der Waals surface area contributed by atoms with Crippen molar-refractivity contribution in [2.45, 2.75) is 52.5 Å². The Morgan fingerprint density at radius 1 is 1.38 bits per heavy atom. The van der Waals surface area contributed by atoms with Gasteiger partial charge < -0.3 is 15.2 Å². The molecule has 3 nitrogen and oxygen atoms in total. The van der Waals surface area contributed by atoms with Crippen LogP contribution in [0.3, 0.4) is 0 Å². The molecule has 0 aromatic heterocycles. The summed E-state index contributed by atoms with van der Waals surface area (Å²) in [6.45, 7) is 8.53. The summed E-state index contributed by atoms with van der Waals surface area (Å²) in [5.41, 5.74) is 2.74. The number of nitrogens with one attached hydrogen (secondary N) is 1. The average Bonchev–Trinajstić information content (AvgIpc) is 2.94. The molecule has 1 aromatic carbocycles. The Labute approximate surface area is 128 Å². The van der Waals surface area contributed by atoms with Crippen molar-refractivity contribution in [2.75, 3.05) is 19.8 Å². The third kappa shape index (κ3) is 4.45. The first-order valence-electron chi connectivity index (χ1n) is 8.15. The molecule has 1 heterocycles. The van der Waals surface area contributed by atoms with Crippen LogP contribution in [0, 0.1) is 5.41 Å². The smallest absolute Gasteiger partial charge is 0.122 e. The normalized spacial score (nSPS) is 15.6. The van der Waals surface area contributed by atoms with Crippen LogP contribution in [0.15, 0.2) is 18.2 Å². The maximum Gasteiger partial charge on any atom is 0.122 e. The molecule has 0 spiro atoms. The number of ether oxygens (including phenoxy) is 1. The Morgan fingerprint density at radius 3 is 2.90 bits per heavy atom. The highest BCUT2D eigenvalue weighted by Gasteiger charge is 2.17. The van der Waals surface area contributed by atoms with Crippen LogP contribution in [0.25, 0.3) is 0 Å². The van der Waals surface area contributed by atoms with Gasteiger partial charge in [-0.15, -0.1) is 0 Å².